The molecule has 4 heteroatoms. The number of rotatable bonds is 4. The standard InChI is InChI=1S/C16H23ClN2O/c1-11-7-8-13(9-14(11)17)16(20)19-15(10-18)12-5-3-2-4-6-12/h7-9,12,15H,2-6,10,18H2,1H3,(H,19,20). The predicted molar refractivity (Wildman–Crippen MR) is 83.1 cm³/mol. The van der Waals surface area contributed by atoms with Crippen LogP contribution in [0.15, 0.2) is 18.2 Å². The largest absolute Gasteiger partial charge is 0.348 e. The van der Waals surface area contributed by atoms with E-state index in [1.54, 1.807) is 6.07 Å². The smallest absolute Gasteiger partial charge is 0.251 e. The number of nitrogens with two attached hydrogens (primary N) is 1. The molecule has 1 atom stereocenters. The lowest BCUT2D eigenvalue weighted by atomic mass is 9.84. The van der Waals surface area contributed by atoms with E-state index in [4.69, 9.17) is 17.3 Å². The van der Waals surface area contributed by atoms with E-state index in [2.05, 4.69) is 5.32 Å². The van der Waals surface area contributed by atoms with Crippen molar-refractivity contribution in [3.63, 3.8) is 0 Å². The van der Waals surface area contributed by atoms with Crippen LogP contribution in [0.1, 0.15) is 48.0 Å². The first kappa shape index (κ1) is 15.3. The highest BCUT2D eigenvalue weighted by atomic mass is 35.5. The average molecular weight is 295 g/mol. The van der Waals surface area contributed by atoms with Crippen LogP contribution in [0.2, 0.25) is 5.02 Å². The normalized spacial score (nSPS) is 17.8. The lowest BCUT2D eigenvalue weighted by molar-refractivity contribution is 0.0915. The van der Waals surface area contributed by atoms with E-state index in [1.807, 2.05) is 19.1 Å². The van der Waals surface area contributed by atoms with Crippen LogP contribution in [0.25, 0.3) is 0 Å². The fourth-order valence-electron chi connectivity index (χ4n) is 2.89. The monoisotopic (exact) mass is 294 g/mol. The molecule has 0 radical (unpaired) electrons. The lowest BCUT2D eigenvalue weighted by Gasteiger charge is -2.30. The molecule has 0 bridgehead atoms. The Labute approximate surface area is 125 Å². The van der Waals surface area contributed by atoms with E-state index in [0.717, 1.165) is 18.4 Å². The average Bonchev–Trinajstić information content (AvgIpc) is 2.48. The molecule has 1 amide bonds. The van der Waals surface area contributed by atoms with Crippen LogP contribution in [-0.2, 0) is 0 Å². The second kappa shape index (κ2) is 7.09. The maximum Gasteiger partial charge on any atom is 0.251 e. The SMILES string of the molecule is Cc1ccc(C(=O)NC(CN)C2CCCCC2)cc1Cl. The number of halogens is 1. The molecule has 0 saturated heterocycles. The summed E-state index contributed by atoms with van der Waals surface area (Å²) in [4.78, 5) is 12.3. The molecule has 110 valence electrons. The van der Waals surface area contributed by atoms with Gasteiger partial charge in [0.15, 0.2) is 0 Å². The van der Waals surface area contributed by atoms with Crippen molar-refractivity contribution in [3.05, 3.63) is 34.3 Å². The zero-order chi connectivity index (χ0) is 14.5. The predicted octanol–water partition coefficient (Wildman–Crippen LogP) is 3.29. The molecule has 3 nitrogen and oxygen atoms in total. The van der Waals surface area contributed by atoms with E-state index in [9.17, 15) is 4.79 Å². The maximum absolute atomic E-state index is 12.3. The number of nitrogens with one attached hydrogen (secondary N) is 1. The van der Waals surface area contributed by atoms with Crippen molar-refractivity contribution in [1.29, 1.82) is 0 Å². The second-order valence-corrected chi connectivity index (χ2v) is 6.08. The van der Waals surface area contributed by atoms with Crippen molar-refractivity contribution in [2.24, 2.45) is 11.7 Å². The van der Waals surface area contributed by atoms with Gasteiger partial charge in [0.25, 0.3) is 5.91 Å². The number of hydrogen-bond donors (Lipinski definition) is 2. The van der Waals surface area contributed by atoms with Gasteiger partial charge in [0, 0.05) is 23.2 Å². The molecular formula is C16H23ClN2O. The summed E-state index contributed by atoms with van der Waals surface area (Å²) in [5.74, 6) is 0.437. The van der Waals surface area contributed by atoms with Crippen molar-refractivity contribution in [2.45, 2.75) is 45.1 Å². The third-order valence-corrected chi connectivity index (χ3v) is 4.63. The van der Waals surface area contributed by atoms with Crippen LogP contribution in [0.3, 0.4) is 0 Å². The summed E-state index contributed by atoms with van der Waals surface area (Å²) >= 11 is 6.07. The molecule has 1 aliphatic rings. The molecule has 3 N–H and O–H groups in total. The molecule has 0 aliphatic heterocycles. The molecule has 0 heterocycles. The Kier molecular flexibility index (Phi) is 5.44. The van der Waals surface area contributed by atoms with Crippen LogP contribution in [0, 0.1) is 12.8 Å². The van der Waals surface area contributed by atoms with Gasteiger partial charge in [-0.05, 0) is 43.4 Å². The topological polar surface area (TPSA) is 55.1 Å². The Bertz CT molecular complexity index is 470. The van der Waals surface area contributed by atoms with E-state index < -0.39 is 0 Å². The van der Waals surface area contributed by atoms with Gasteiger partial charge in [-0.2, -0.15) is 0 Å². The van der Waals surface area contributed by atoms with Crippen molar-refractivity contribution < 1.29 is 4.79 Å². The number of carbonyl (C=O) groups is 1. The molecule has 1 unspecified atom stereocenters. The Morgan fingerprint density at radius 3 is 2.70 bits per heavy atom. The first-order valence-electron chi connectivity index (χ1n) is 7.39. The molecule has 1 aliphatic carbocycles. The van der Waals surface area contributed by atoms with Gasteiger partial charge in [-0.1, -0.05) is 36.9 Å². The summed E-state index contributed by atoms with van der Waals surface area (Å²) in [6.45, 7) is 2.42. The van der Waals surface area contributed by atoms with Gasteiger partial charge in [-0.25, -0.2) is 0 Å². The molecule has 1 fully saturated rings. The molecule has 1 saturated carbocycles. The number of amides is 1. The molecule has 20 heavy (non-hydrogen) atoms. The van der Waals surface area contributed by atoms with Gasteiger partial charge in [0.2, 0.25) is 0 Å². The van der Waals surface area contributed by atoms with Crippen LogP contribution in [0.4, 0.5) is 0 Å². The van der Waals surface area contributed by atoms with Crippen molar-refractivity contribution in [3.8, 4) is 0 Å². The van der Waals surface area contributed by atoms with E-state index in [1.165, 1.54) is 19.3 Å². The van der Waals surface area contributed by atoms with Gasteiger partial charge in [0.05, 0.1) is 0 Å². The van der Waals surface area contributed by atoms with Gasteiger partial charge in [-0.3, -0.25) is 4.79 Å². The summed E-state index contributed by atoms with van der Waals surface area (Å²) in [6, 6.07) is 5.48. The fraction of sp³-hybridized carbons (Fsp3) is 0.562. The minimum Gasteiger partial charge on any atom is -0.348 e. The summed E-state index contributed by atoms with van der Waals surface area (Å²) in [7, 11) is 0. The summed E-state index contributed by atoms with van der Waals surface area (Å²) in [6.07, 6.45) is 6.11. The van der Waals surface area contributed by atoms with Crippen LogP contribution in [0.5, 0.6) is 0 Å². The summed E-state index contributed by atoms with van der Waals surface area (Å²) in [5, 5.41) is 3.70. The highest BCUT2D eigenvalue weighted by Crippen LogP contribution is 2.26. The molecule has 1 aromatic rings. The molecule has 2 rings (SSSR count). The molecule has 0 aromatic heterocycles. The Morgan fingerprint density at radius 2 is 2.10 bits per heavy atom. The van der Waals surface area contributed by atoms with E-state index in [-0.39, 0.29) is 11.9 Å². The van der Waals surface area contributed by atoms with Gasteiger partial charge in [-0.15, -0.1) is 0 Å². The Hall–Kier alpha value is -1.06. The van der Waals surface area contributed by atoms with Gasteiger partial charge < -0.3 is 11.1 Å². The summed E-state index contributed by atoms with van der Waals surface area (Å²) in [5.41, 5.74) is 7.43. The number of hydrogen-bond acceptors (Lipinski definition) is 2. The number of aryl methyl sites for hydroxylation is 1. The molecular weight excluding hydrogens is 272 g/mol. The second-order valence-electron chi connectivity index (χ2n) is 5.68. The first-order chi connectivity index (χ1) is 9.61. The van der Waals surface area contributed by atoms with Crippen molar-refractivity contribution >= 4 is 17.5 Å². The van der Waals surface area contributed by atoms with Crippen LogP contribution < -0.4 is 11.1 Å². The minimum atomic E-state index is -0.0760. The highest BCUT2D eigenvalue weighted by Gasteiger charge is 2.24. The maximum atomic E-state index is 12.3. The molecule has 1 aromatic carbocycles. The first-order valence-corrected chi connectivity index (χ1v) is 7.76. The quantitative estimate of drug-likeness (QED) is 0.895. The number of carbonyl (C=O) groups excluding carboxylic acids is 1. The Morgan fingerprint density at radius 1 is 1.40 bits per heavy atom. The summed E-state index contributed by atoms with van der Waals surface area (Å²) < 4.78 is 0. The Balaban J connectivity index is 2.02. The molecule has 0 spiro atoms. The van der Waals surface area contributed by atoms with Gasteiger partial charge in [0.1, 0.15) is 0 Å². The van der Waals surface area contributed by atoms with E-state index >= 15 is 0 Å². The lowest BCUT2D eigenvalue weighted by Crippen LogP contribution is -2.45. The third kappa shape index (κ3) is 3.74. The van der Waals surface area contributed by atoms with Gasteiger partial charge >= 0.3 is 0 Å². The third-order valence-electron chi connectivity index (χ3n) is 4.22. The minimum absolute atomic E-state index is 0.0721. The zero-order valence-electron chi connectivity index (χ0n) is 12.0. The van der Waals surface area contributed by atoms with Crippen molar-refractivity contribution in [2.75, 3.05) is 6.54 Å². The van der Waals surface area contributed by atoms with Crippen LogP contribution >= 0.6 is 11.6 Å². The van der Waals surface area contributed by atoms with E-state index in [0.29, 0.717) is 23.0 Å². The van der Waals surface area contributed by atoms with Crippen LogP contribution in [-0.4, -0.2) is 18.5 Å². The fourth-order valence-corrected chi connectivity index (χ4v) is 3.07. The van der Waals surface area contributed by atoms with Crippen molar-refractivity contribution in [1.82, 2.24) is 5.32 Å². The number of benzene rings is 1. The zero-order valence-corrected chi connectivity index (χ0v) is 12.7. The highest BCUT2D eigenvalue weighted by molar-refractivity contribution is 6.31.